The van der Waals surface area contributed by atoms with Crippen molar-refractivity contribution in [3.63, 3.8) is 0 Å². The summed E-state index contributed by atoms with van der Waals surface area (Å²) in [6.45, 7) is 3.64. The van der Waals surface area contributed by atoms with Gasteiger partial charge in [0.05, 0.1) is 16.6 Å². The number of benzene rings is 2. The van der Waals surface area contributed by atoms with E-state index < -0.39 is 29.5 Å². The average Bonchev–Trinajstić information content (AvgIpc) is 3.68. The number of anilines is 1. The third kappa shape index (κ3) is 4.12. The van der Waals surface area contributed by atoms with Crippen molar-refractivity contribution in [2.45, 2.75) is 81.5 Å². The molecule has 9 rings (SSSR count). The molecule has 4 fully saturated rings. The number of aryl methyl sites for hydroxylation is 1. The van der Waals surface area contributed by atoms with Gasteiger partial charge in [0.2, 0.25) is 0 Å². The molecule has 45 heavy (non-hydrogen) atoms. The van der Waals surface area contributed by atoms with Gasteiger partial charge in [-0.05, 0) is 61.6 Å². The van der Waals surface area contributed by atoms with Crippen LogP contribution in [0.25, 0.3) is 32.9 Å². The number of nitrogens with zero attached hydrogens (tertiary/aromatic N) is 5. The van der Waals surface area contributed by atoms with E-state index in [1.807, 2.05) is 6.07 Å². The Kier molecular flexibility index (Phi) is 6.14. The van der Waals surface area contributed by atoms with Gasteiger partial charge in [0.25, 0.3) is 0 Å². The van der Waals surface area contributed by atoms with Crippen molar-refractivity contribution >= 4 is 27.5 Å². The number of piperazine rings is 1. The Morgan fingerprint density at radius 1 is 1.04 bits per heavy atom. The second-order valence-electron chi connectivity index (χ2n) is 13.6. The third-order valence-electron chi connectivity index (χ3n) is 11.1. The highest BCUT2D eigenvalue weighted by atomic mass is 19.1. The molecule has 1 N–H and O–H groups in total. The highest BCUT2D eigenvalue weighted by Gasteiger charge is 2.50. The number of hydrogen-bond donors (Lipinski definition) is 1. The first-order valence-electron chi connectivity index (χ1n) is 16.1. The smallest absolute Gasteiger partial charge is 0.319 e. The molecule has 4 saturated heterocycles. The summed E-state index contributed by atoms with van der Waals surface area (Å²) in [6, 6.07) is 8.40. The van der Waals surface area contributed by atoms with Crippen LogP contribution in [-0.4, -0.2) is 75.9 Å². The lowest BCUT2D eigenvalue weighted by atomic mass is 9.95. The molecule has 11 heteroatoms. The molecule has 234 valence electrons. The lowest BCUT2D eigenvalue weighted by molar-refractivity contribution is 0.107. The van der Waals surface area contributed by atoms with Crippen LogP contribution in [0, 0.1) is 18.6 Å². The van der Waals surface area contributed by atoms with E-state index >= 15 is 8.78 Å². The summed E-state index contributed by atoms with van der Waals surface area (Å²) in [5.74, 6) is -0.713. The molecule has 0 radical (unpaired) electrons. The van der Waals surface area contributed by atoms with E-state index in [1.54, 1.807) is 25.1 Å². The predicted molar refractivity (Wildman–Crippen MR) is 163 cm³/mol. The van der Waals surface area contributed by atoms with Crippen LogP contribution in [-0.2, 0) is 0 Å². The highest BCUT2D eigenvalue weighted by molar-refractivity contribution is 6.01. The maximum atomic E-state index is 17.0. The van der Waals surface area contributed by atoms with Crippen molar-refractivity contribution in [1.82, 2.24) is 25.2 Å². The Morgan fingerprint density at radius 2 is 1.93 bits per heavy atom. The SMILES string of the molecule is Cc1c(F)ccc2cccc(-c3nc4c5c(nc(OC[C@@]67CCCN6C[C@H](F)C7)nc5c3F)N3C[C@H]5CC[C@H](N5)[C@H]3C[C@H]4F)c12. The van der Waals surface area contributed by atoms with E-state index in [0.29, 0.717) is 41.8 Å². The van der Waals surface area contributed by atoms with Crippen LogP contribution in [0.2, 0.25) is 0 Å². The van der Waals surface area contributed by atoms with E-state index in [4.69, 9.17) is 9.72 Å². The van der Waals surface area contributed by atoms with Crippen molar-refractivity contribution < 1.29 is 22.3 Å². The number of ether oxygens (including phenoxy) is 1. The van der Waals surface area contributed by atoms with E-state index in [2.05, 4.69) is 25.1 Å². The van der Waals surface area contributed by atoms with Crippen LogP contribution in [0.5, 0.6) is 6.01 Å². The van der Waals surface area contributed by atoms with Gasteiger partial charge in [-0.1, -0.05) is 24.3 Å². The molecular weight excluding hydrogens is 584 g/mol. The standard InChI is InChI=1S/C34H34F4N6O/c1-17-22(36)8-6-18-4-2-5-21(26(17)18)29-28(38)31-27-30(40-29)23(37)12-25-24-9-7-20(39-24)15-44(25)32(27)42-33(41-31)45-16-34-10-3-11-43(34)14-19(35)13-34/h2,4-6,8,19-20,23-25,39H,3,7,9-16H2,1H3/t19-,20-,23-,24+,25-,34+/m1/s1. The summed E-state index contributed by atoms with van der Waals surface area (Å²) < 4.78 is 69.0. The predicted octanol–water partition coefficient (Wildman–Crippen LogP) is 6.11. The first-order chi connectivity index (χ1) is 21.8. The van der Waals surface area contributed by atoms with E-state index in [-0.39, 0.29) is 59.5 Å². The van der Waals surface area contributed by atoms with E-state index in [1.165, 1.54) is 6.07 Å². The zero-order valence-electron chi connectivity index (χ0n) is 25.0. The monoisotopic (exact) mass is 618 g/mol. The van der Waals surface area contributed by atoms with Crippen LogP contribution in [0.4, 0.5) is 23.4 Å². The first kappa shape index (κ1) is 27.7. The van der Waals surface area contributed by atoms with Gasteiger partial charge in [0, 0.05) is 49.6 Å². The van der Waals surface area contributed by atoms with Gasteiger partial charge in [-0.25, -0.2) is 22.5 Å². The number of aromatic nitrogens is 3. The fourth-order valence-corrected chi connectivity index (χ4v) is 8.96. The summed E-state index contributed by atoms with van der Waals surface area (Å²) in [4.78, 5) is 18.4. The Labute approximate surface area is 258 Å². The third-order valence-corrected chi connectivity index (χ3v) is 11.1. The van der Waals surface area contributed by atoms with Crippen LogP contribution in [0.1, 0.15) is 56.0 Å². The Morgan fingerprint density at radius 3 is 2.82 bits per heavy atom. The molecule has 5 aliphatic rings. The Hall–Kier alpha value is -3.57. The molecule has 7 nitrogen and oxygen atoms in total. The molecule has 4 aromatic rings. The fraction of sp³-hybridized carbons (Fsp3) is 0.500. The van der Waals surface area contributed by atoms with Crippen molar-refractivity contribution in [1.29, 1.82) is 0 Å². The van der Waals surface area contributed by atoms with Gasteiger partial charge in [-0.2, -0.15) is 9.97 Å². The van der Waals surface area contributed by atoms with Gasteiger partial charge in [-0.15, -0.1) is 0 Å². The molecule has 0 saturated carbocycles. The topological polar surface area (TPSA) is 66.4 Å². The summed E-state index contributed by atoms with van der Waals surface area (Å²) >= 11 is 0. The van der Waals surface area contributed by atoms with Crippen LogP contribution in [0.15, 0.2) is 30.3 Å². The maximum absolute atomic E-state index is 17.0. The molecule has 6 atom stereocenters. The second-order valence-corrected chi connectivity index (χ2v) is 13.6. The normalized spacial score (nSPS) is 30.6. The van der Waals surface area contributed by atoms with Crippen molar-refractivity contribution in [3.8, 4) is 17.3 Å². The van der Waals surface area contributed by atoms with E-state index in [0.717, 1.165) is 37.6 Å². The second kappa shape index (κ2) is 9.96. The first-order valence-corrected chi connectivity index (χ1v) is 16.1. The number of rotatable bonds is 4. The van der Waals surface area contributed by atoms with Gasteiger partial charge in [0.1, 0.15) is 41.8 Å². The van der Waals surface area contributed by atoms with E-state index in [9.17, 15) is 8.78 Å². The molecule has 2 bridgehead atoms. The molecule has 0 aliphatic carbocycles. The van der Waals surface area contributed by atoms with Crippen molar-refractivity contribution in [2.75, 3.05) is 31.1 Å². The zero-order chi connectivity index (χ0) is 30.6. The quantitative estimate of drug-likeness (QED) is 0.277. The summed E-state index contributed by atoms with van der Waals surface area (Å²) in [5.41, 5.74) is 0.248. The van der Waals surface area contributed by atoms with Gasteiger partial charge >= 0.3 is 6.01 Å². The molecule has 5 aliphatic heterocycles. The van der Waals surface area contributed by atoms with Crippen molar-refractivity contribution in [2.24, 2.45) is 0 Å². The lowest BCUT2D eigenvalue weighted by Crippen LogP contribution is -2.58. The van der Waals surface area contributed by atoms with Crippen LogP contribution >= 0.6 is 0 Å². The number of pyridine rings is 1. The molecule has 7 heterocycles. The minimum atomic E-state index is -1.49. The number of nitrogens with one attached hydrogen (secondary N) is 1. The number of fused-ring (bicyclic) bond motifs is 7. The molecule has 0 unspecified atom stereocenters. The minimum absolute atomic E-state index is 0.00915. The highest BCUT2D eigenvalue weighted by Crippen LogP contribution is 2.47. The molecule has 2 aromatic carbocycles. The number of halogens is 4. The minimum Gasteiger partial charge on any atom is -0.461 e. The summed E-state index contributed by atoms with van der Waals surface area (Å²) in [6.07, 6.45) is 1.80. The number of alkyl halides is 2. The summed E-state index contributed by atoms with van der Waals surface area (Å²) in [7, 11) is 0. The van der Waals surface area contributed by atoms with Crippen molar-refractivity contribution in [3.05, 3.63) is 53.2 Å². The van der Waals surface area contributed by atoms with Gasteiger partial charge < -0.3 is 15.0 Å². The molecule has 0 amide bonds. The van der Waals surface area contributed by atoms with Crippen LogP contribution in [0.3, 0.4) is 0 Å². The molecular formula is C34H34F4N6O. The number of hydrogen-bond acceptors (Lipinski definition) is 7. The molecule has 2 aromatic heterocycles. The maximum Gasteiger partial charge on any atom is 0.319 e. The van der Waals surface area contributed by atoms with Gasteiger partial charge in [-0.3, -0.25) is 4.90 Å². The lowest BCUT2D eigenvalue weighted by Gasteiger charge is -2.41. The average molecular weight is 619 g/mol. The van der Waals surface area contributed by atoms with Gasteiger partial charge in [0.15, 0.2) is 5.82 Å². The summed E-state index contributed by atoms with van der Waals surface area (Å²) in [5, 5.41) is 5.13. The van der Waals surface area contributed by atoms with Crippen LogP contribution < -0.4 is 15.0 Å². The Balaban J connectivity index is 1.25. The molecule has 0 spiro atoms. The zero-order valence-corrected chi connectivity index (χ0v) is 25.0. The largest absolute Gasteiger partial charge is 0.461 e. The fourth-order valence-electron chi connectivity index (χ4n) is 8.96. The Bertz CT molecular complexity index is 1870.